The van der Waals surface area contributed by atoms with Crippen molar-refractivity contribution in [3.05, 3.63) is 12.3 Å². The highest BCUT2D eigenvalue weighted by atomic mass is 29.3. The van der Waals surface area contributed by atoms with Gasteiger partial charge in [0.1, 0.15) is 0 Å². The topological polar surface area (TPSA) is 95.8 Å². The highest BCUT2D eigenvalue weighted by Gasteiger charge is 2.60. The molecule has 2 N–H and O–H groups in total. The molecule has 0 bridgehead atoms. The van der Waals surface area contributed by atoms with Crippen LogP contribution in [0.5, 0.6) is 0 Å². The zero-order valence-corrected chi connectivity index (χ0v) is 29.6. The molecular weight excluding hydrogens is 665 g/mol. The van der Waals surface area contributed by atoms with E-state index in [9.17, 15) is 9.59 Å². The lowest BCUT2D eigenvalue weighted by atomic mass is 10.1. The zero-order valence-electron chi connectivity index (χ0n) is 24.6. The predicted molar refractivity (Wildman–Crippen MR) is 226 cm³/mol. The molecule has 0 fully saturated rings. The van der Waals surface area contributed by atoms with Crippen molar-refractivity contribution in [1.29, 1.82) is 0 Å². The maximum atomic E-state index is 11.9. The molecule has 0 aliphatic rings. The average molecular weight is 762 g/mol. The molecule has 0 aliphatic carbocycles. The Morgan fingerprint density at radius 3 is 1.26 bits per heavy atom. The molecule has 46 heavy (non-hydrogen) atoms. The second-order valence-electron chi connectivity index (χ2n) is 10.5. The largest absolute Gasteiger partial charge is 0.659 e. The van der Waals surface area contributed by atoms with Crippen LogP contribution in [0.2, 0.25) is 38.3 Å². The molecule has 0 saturated heterocycles. The van der Waals surface area contributed by atoms with Crippen molar-refractivity contribution in [3.63, 3.8) is 0 Å². The van der Waals surface area contributed by atoms with Crippen molar-refractivity contribution >= 4 is 42.1 Å². The van der Waals surface area contributed by atoms with E-state index in [-0.39, 0.29) is 74.3 Å². The first-order valence-corrected chi connectivity index (χ1v) is 26.1. The van der Waals surface area contributed by atoms with Gasteiger partial charge in [-0.15, -0.1) is 0 Å². The van der Waals surface area contributed by atoms with Crippen LogP contribution in [0, 0.1) is 0 Å². The lowest BCUT2D eigenvalue weighted by molar-refractivity contribution is 0.0640. The van der Waals surface area contributed by atoms with Crippen LogP contribution in [0.4, 0.5) is 0 Å². The van der Waals surface area contributed by atoms with Crippen LogP contribution in [-0.4, -0.2) is 73.0 Å². The fourth-order valence-corrected chi connectivity index (χ4v) is 26.7. The van der Waals surface area contributed by atoms with Crippen molar-refractivity contribution in [2.45, 2.75) is 191 Å². The summed E-state index contributed by atoms with van der Waals surface area (Å²) in [6.45, 7) is 15.8. The van der Waals surface area contributed by atoms with Gasteiger partial charge in [-0.05, 0) is 44.0 Å². The maximum absolute atomic E-state index is 11.9. The van der Waals surface area contributed by atoms with Gasteiger partial charge in [0.05, 0.1) is 0 Å². The molecule has 0 spiro atoms. The molecular formula is C33H96O8Si5. The lowest BCUT2D eigenvalue weighted by Gasteiger charge is -2.44. The van der Waals surface area contributed by atoms with Crippen LogP contribution < -0.4 is 0 Å². The summed E-state index contributed by atoms with van der Waals surface area (Å²) in [6.07, 6.45) is 11.5. The summed E-state index contributed by atoms with van der Waals surface area (Å²) in [4.78, 5) is 22.5. The van der Waals surface area contributed by atoms with Gasteiger partial charge < -0.3 is 35.2 Å². The van der Waals surface area contributed by atoms with E-state index in [2.05, 4.69) is 27.0 Å². The Kier molecular flexibility index (Phi) is 61.1. The minimum Gasteiger partial charge on any atom is -0.432 e. The van der Waals surface area contributed by atoms with E-state index < -0.39 is 42.1 Å². The van der Waals surface area contributed by atoms with Gasteiger partial charge >= 0.3 is 26.4 Å². The van der Waals surface area contributed by atoms with Crippen LogP contribution in [0.3, 0.4) is 0 Å². The third-order valence-electron chi connectivity index (χ3n) is 6.83. The van der Waals surface area contributed by atoms with E-state index in [1.54, 1.807) is 13.1 Å². The Morgan fingerprint density at radius 2 is 0.891 bits per heavy atom. The van der Waals surface area contributed by atoms with Crippen molar-refractivity contribution in [2.75, 3.05) is 21.3 Å². The number of rotatable bonds is 23. The van der Waals surface area contributed by atoms with Crippen molar-refractivity contribution < 1.29 is 35.2 Å². The van der Waals surface area contributed by atoms with Crippen LogP contribution in [0.25, 0.3) is 0 Å². The van der Waals surface area contributed by atoms with E-state index >= 15 is 0 Å². The van der Waals surface area contributed by atoms with Gasteiger partial charge in [0.25, 0.3) is 0 Å². The smallest absolute Gasteiger partial charge is 0.432 e. The molecule has 8 nitrogen and oxygen atoms in total. The molecule has 0 heterocycles. The van der Waals surface area contributed by atoms with Crippen LogP contribution >= 0.6 is 0 Å². The van der Waals surface area contributed by atoms with Gasteiger partial charge in [-0.1, -0.05) is 159 Å². The number of unbranched alkanes of at least 4 members (excludes halogenated alkanes) is 8. The SMILES string of the molecule is C.C.C.C.C.C.C.C.C.C.C=C[Si](O)(OC)O[Si](C)(C)O[Si](OC)(OC)O[Si](C)(CCCCCCCC)[Si](C)(O)CCCCCC. The van der Waals surface area contributed by atoms with E-state index in [0.717, 1.165) is 44.2 Å². The van der Waals surface area contributed by atoms with Gasteiger partial charge in [0.15, 0.2) is 0 Å². The molecule has 0 aliphatic heterocycles. The third-order valence-corrected chi connectivity index (χ3v) is 32.0. The fraction of sp³-hybridized carbons (Fsp3) is 0.939. The maximum Gasteiger partial charge on any atom is 0.659 e. The van der Waals surface area contributed by atoms with Gasteiger partial charge in [-0.2, -0.15) is 0 Å². The first-order valence-electron chi connectivity index (χ1n) is 13.6. The number of hydrogen-bond donors (Lipinski definition) is 2. The predicted octanol–water partition coefficient (Wildman–Crippen LogP) is 12.3. The van der Waals surface area contributed by atoms with Crippen LogP contribution in [-0.2, 0) is 25.6 Å². The number of hydrogen-bond acceptors (Lipinski definition) is 8. The van der Waals surface area contributed by atoms with Gasteiger partial charge in [0.2, 0.25) is 15.7 Å². The normalized spacial score (nSPS) is 14.0. The molecule has 0 radical (unpaired) electrons. The Labute approximate surface area is 300 Å². The molecule has 0 aromatic carbocycles. The Bertz CT molecular complexity index is 615. The van der Waals surface area contributed by atoms with Crippen LogP contribution in [0.1, 0.15) is 152 Å². The van der Waals surface area contributed by atoms with Gasteiger partial charge in [0, 0.05) is 21.3 Å². The van der Waals surface area contributed by atoms with Gasteiger partial charge in [-0.25, -0.2) is 0 Å². The molecule has 13 heteroatoms. The minimum atomic E-state index is -3.69. The first-order chi connectivity index (χ1) is 16.7. The third kappa shape index (κ3) is 27.3. The summed E-state index contributed by atoms with van der Waals surface area (Å²) in [5.41, 5.74) is 1.31. The first kappa shape index (κ1) is 76.4. The van der Waals surface area contributed by atoms with Gasteiger partial charge in [-0.3, -0.25) is 0 Å². The molecule has 0 saturated carbocycles. The fourth-order valence-electron chi connectivity index (χ4n) is 4.22. The van der Waals surface area contributed by atoms with Crippen LogP contribution in [0.15, 0.2) is 12.3 Å². The van der Waals surface area contributed by atoms with Crippen molar-refractivity contribution in [3.8, 4) is 0 Å². The summed E-state index contributed by atoms with van der Waals surface area (Å²) >= 11 is 0. The molecule has 3 atom stereocenters. The summed E-state index contributed by atoms with van der Waals surface area (Å²) in [6, 6.07) is 1.64. The standard InChI is InChI=1S/C23H56O8Si5.10CH4/c1-11-14-16-18-19-21-23-34(10,33(9,24)22-20-17-15-12-2)31-36(27-5,28-6)30-32(7,8)29-35(25,13-3)26-4;;;;;;;;;;/h13,24-25H,3,11-12,14-23H2,1-2,4-10H3;10*1H4. The lowest BCUT2D eigenvalue weighted by Crippen LogP contribution is -2.70. The Balaban J connectivity index is -0.000000136. The summed E-state index contributed by atoms with van der Waals surface area (Å²) in [5, 5.41) is 0. The molecule has 3 unspecified atom stereocenters. The molecule has 0 aromatic rings. The summed E-state index contributed by atoms with van der Waals surface area (Å²) in [7, 11) is -11.4. The molecule has 0 aromatic heterocycles. The van der Waals surface area contributed by atoms with E-state index in [1.807, 2.05) is 6.55 Å². The Hall–Kier alpha value is 0.504. The molecule has 0 amide bonds. The molecule has 0 rings (SSSR count). The minimum absolute atomic E-state index is 0. The van der Waals surface area contributed by atoms with E-state index in [4.69, 9.17) is 25.6 Å². The van der Waals surface area contributed by atoms with Crippen molar-refractivity contribution in [2.24, 2.45) is 0 Å². The van der Waals surface area contributed by atoms with E-state index in [1.165, 1.54) is 59.1 Å². The highest BCUT2D eigenvalue weighted by Crippen LogP contribution is 2.35. The second kappa shape index (κ2) is 36.8. The monoisotopic (exact) mass is 761 g/mol. The highest BCUT2D eigenvalue weighted by molar-refractivity contribution is 7.37. The summed E-state index contributed by atoms with van der Waals surface area (Å²) < 4.78 is 36.0. The van der Waals surface area contributed by atoms with E-state index in [0.29, 0.717) is 0 Å². The average Bonchev–Trinajstić information content (AvgIpc) is 2.82. The quantitative estimate of drug-likeness (QED) is 0.0785. The summed E-state index contributed by atoms with van der Waals surface area (Å²) in [5.74, 6) is 0. The zero-order chi connectivity index (χ0) is 27.9. The van der Waals surface area contributed by atoms with Crippen molar-refractivity contribution in [1.82, 2.24) is 0 Å². The molecule has 296 valence electrons. The Morgan fingerprint density at radius 1 is 0.522 bits per heavy atom. The second-order valence-corrected chi connectivity index (χ2v) is 32.0.